The van der Waals surface area contributed by atoms with Crippen molar-refractivity contribution in [1.29, 1.82) is 0 Å². The molecule has 1 heterocycles. The monoisotopic (exact) mass is 915 g/mol. The maximum absolute atomic E-state index is 14.0. The highest BCUT2D eigenvalue weighted by Crippen LogP contribution is 2.27. The van der Waals surface area contributed by atoms with Crippen molar-refractivity contribution in [3.8, 4) is 5.75 Å². The fourth-order valence-corrected chi connectivity index (χ4v) is 5.89. The quantitative estimate of drug-likeness (QED) is 0.0206. The second kappa shape index (κ2) is 28.4. The number of aromatic hydroxyl groups is 1. The summed E-state index contributed by atoms with van der Waals surface area (Å²) in [6.45, 7) is -1.23. The normalized spacial score (nSPS) is 13.0. The van der Waals surface area contributed by atoms with Gasteiger partial charge in [-0.25, -0.2) is 0 Å². The van der Waals surface area contributed by atoms with E-state index < -0.39 is 132 Å². The number of aliphatic hydroxyl groups is 1. The number of phenolic OH excluding ortho intramolecular Hbond substituents is 1. The SMILES string of the molecule is CC(=O)N[C@@H](CO)C(=O)N[C@@H](CCCN)C(=O)NCC(=O)N[C@@H](Cc1ccccn1)C(=O)N[C@@H](Cc1ccc(O)c([N+](=O)[O-])c1)C(=O)NCC(=O)NCC(=O)N[C@@H](CCCCN)C(N)=O. The molecule has 0 bridgehead atoms. The molecule has 2 aromatic rings. The fraction of sp³-hybridized carbons (Fsp3) is 0.487. The predicted molar refractivity (Wildman–Crippen MR) is 228 cm³/mol. The lowest BCUT2D eigenvalue weighted by atomic mass is 10.0. The summed E-state index contributed by atoms with van der Waals surface area (Å²) in [5.74, 6) is -8.34. The summed E-state index contributed by atoms with van der Waals surface area (Å²) in [5.41, 5.74) is 16.1. The fourth-order valence-electron chi connectivity index (χ4n) is 5.89. The van der Waals surface area contributed by atoms with E-state index >= 15 is 0 Å². The molecule has 0 fully saturated rings. The average molecular weight is 916 g/mol. The minimum absolute atomic E-state index is 0.0105. The molecule has 0 aliphatic carbocycles. The molecular formula is C39H57N13O13. The third-order valence-corrected chi connectivity index (χ3v) is 9.22. The molecule has 1 aromatic carbocycles. The van der Waals surface area contributed by atoms with Gasteiger partial charge in [0.1, 0.15) is 30.2 Å². The van der Waals surface area contributed by atoms with Gasteiger partial charge in [0.05, 0.1) is 31.2 Å². The molecule has 0 aliphatic heterocycles. The number of rotatable bonds is 29. The van der Waals surface area contributed by atoms with E-state index in [1.807, 2.05) is 0 Å². The van der Waals surface area contributed by atoms with Crippen molar-refractivity contribution in [3.05, 3.63) is 64.0 Å². The highest BCUT2D eigenvalue weighted by molar-refractivity contribution is 5.96. The number of nitrogens with zero attached hydrogens (tertiary/aromatic N) is 2. The molecule has 2 rings (SSSR count). The van der Waals surface area contributed by atoms with Crippen LogP contribution in [0.1, 0.15) is 50.3 Å². The second-order valence-electron chi connectivity index (χ2n) is 14.4. The second-order valence-corrected chi connectivity index (χ2v) is 14.4. The van der Waals surface area contributed by atoms with Crippen LogP contribution >= 0.6 is 0 Å². The number of nitro benzene ring substituents is 1. The number of amides is 9. The van der Waals surface area contributed by atoms with E-state index in [4.69, 9.17) is 17.2 Å². The number of phenols is 1. The first-order valence-electron chi connectivity index (χ1n) is 20.3. The van der Waals surface area contributed by atoms with Gasteiger partial charge in [0.25, 0.3) is 0 Å². The van der Waals surface area contributed by atoms with E-state index in [9.17, 15) is 63.5 Å². The molecule has 65 heavy (non-hydrogen) atoms. The minimum atomic E-state index is -1.59. The van der Waals surface area contributed by atoms with Crippen molar-refractivity contribution in [2.45, 2.75) is 82.1 Å². The molecule has 0 saturated heterocycles. The molecule has 0 aliphatic rings. The number of pyridine rings is 1. The largest absolute Gasteiger partial charge is 0.502 e. The zero-order valence-electron chi connectivity index (χ0n) is 35.6. The lowest BCUT2D eigenvalue weighted by Crippen LogP contribution is -2.57. The molecule has 0 spiro atoms. The van der Waals surface area contributed by atoms with Crippen molar-refractivity contribution in [2.24, 2.45) is 17.2 Å². The van der Waals surface area contributed by atoms with E-state index in [0.29, 0.717) is 25.1 Å². The van der Waals surface area contributed by atoms with Gasteiger partial charge in [0.15, 0.2) is 5.75 Å². The number of unbranched alkanes of at least 4 members (excludes halogenated alkanes) is 1. The molecular weight excluding hydrogens is 859 g/mol. The Morgan fingerprint density at radius 1 is 0.677 bits per heavy atom. The van der Waals surface area contributed by atoms with Gasteiger partial charge in [-0.3, -0.25) is 58.2 Å². The summed E-state index contributed by atoms with van der Waals surface area (Å²) >= 11 is 0. The Morgan fingerprint density at radius 3 is 1.83 bits per heavy atom. The number of nitrogens with two attached hydrogens (primary N) is 3. The number of primary amides is 1. The molecule has 356 valence electrons. The van der Waals surface area contributed by atoms with E-state index in [-0.39, 0.29) is 37.8 Å². The number of hydrogen-bond donors (Lipinski definition) is 13. The predicted octanol–water partition coefficient (Wildman–Crippen LogP) is -5.38. The molecule has 9 amide bonds. The lowest BCUT2D eigenvalue weighted by Gasteiger charge is -2.24. The van der Waals surface area contributed by atoms with E-state index in [1.165, 1.54) is 18.3 Å². The van der Waals surface area contributed by atoms with Crippen LogP contribution < -0.4 is 59.7 Å². The molecule has 0 saturated carbocycles. The topological polar surface area (TPSA) is 424 Å². The number of aliphatic hydroxyl groups excluding tert-OH is 1. The van der Waals surface area contributed by atoms with Gasteiger partial charge in [-0.2, -0.15) is 0 Å². The zero-order valence-corrected chi connectivity index (χ0v) is 35.6. The molecule has 1 aromatic heterocycles. The first-order valence-corrected chi connectivity index (χ1v) is 20.3. The van der Waals surface area contributed by atoms with Crippen LogP contribution in [0.5, 0.6) is 5.75 Å². The van der Waals surface area contributed by atoms with Crippen LogP contribution in [0, 0.1) is 10.1 Å². The van der Waals surface area contributed by atoms with Crippen molar-refractivity contribution < 1.29 is 58.3 Å². The van der Waals surface area contributed by atoms with Crippen LogP contribution in [0.15, 0.2) is 42.6 Å². The van der Waals surface area contributed by atoms with Crippen molar-refractivity contribution in [3.63, 3.8) is 0 Å². The van der Waals surface area contributed by atoms with Crippen LogP contribution in [0.3, 0.4) is 0 Å². The third-order valence-electron chi connectivity index (χ3n) is 9.22. The summed E-state index contributed by atoms with van der Waals surface area (Å²) in [6.07, 6.45) is 2.27. The molecule has 0 unspecified atom stereocenters. The van der Waals surface area contributed by atoms with E-state index in [0.717, 1.165) is 19.1 Å². The molecule has 16 N–H and O–H groups in total. The standard InChI is InChI=1S/C39H57N13O13/c1-22(54)47-29(21-53)39(63)50-26(9-6-13-41)36(60)46-20-34(58)49-28(17-24-7-3-5-14-43-24)38(62)51-27(15-23-10-11-31(55)30(16-23)52(64)65)37(61)45-18-32(56)44-19-33(57)48-25(35(42)59)8-2-4-12-40/h3,5,7,10-11,14,16,25-29,53,55H,2,4,6,8-9,12-13,15,17-21,40-41H2,1H3,(H2,42,59)(H,44,56)(H,45,61)(H,46,60)(H,47,54)(H,48,57)(H,49,58)(H,50,63)(H,51,62)/t25-,26-,27-,28-,29-/m0/s1. The summed E-state index contributed by atoms with van der Waals surface area (Å²) in [4.78, 5) is 130. The molecule has 5 atom stereocenters. The Kier molecular flexibility index (Phi) is 23.5. The maximum atomic E-state index is 14.0. The molecule has 26 heteroatoms. The Morgan fingerprint density at radius 2 is 1.25 bits per heavy atom. The van der Waals surface area contributed by atoms with Crippen molar-refractivity contribution in [2.75, 3.05) is 39.3 Å². The maximum Gasteiger partial charge on any atom is 0.310 e. The Balaban J connectivity index is 2.27. The highest BCUT2D eigenvalue weighted by Gasteiger charge is 2.30. The number of hydrogen-bond acceptors (Lipinski definition) is 16. The van der Waals surface area contributed by atoms with Crippen molar-refractivity contribution >= 4 is 58.9 Å². The third kappa shape index (κ3) is 20.2. The van der Waals surface area contributed by atoms with Gasteiger partial charge in [-0.05, 0) is 69.0 Å². The first kappa shape index (κ1) is 53.8. The van der Waals surface area contributed by atoms with E-state index in [1.54, 1.807) is 12.1 Å². The van der Waals surface area contributed by atoms with Crippen LogP contribution in [-0.4, -0.2) is 143 Å². The van der Waals surface area contributed by atoms with Gasteiger partial charge in [0.2, 0.25) is 53.2 Å². The zero-order chi connectivity index (χ0) is 48.5. The molecule has 0 radical (unpaired) electrons. The van der Waals surface area contributed by atoms with Crippen molar-refractivity contribution in [1.82, 2.24) is 47.5 Å². The van der Waals surface area contributed by atoms with Gasteiger partial charge in [-0.1, -0.05) is 12.1 Å². The van der Waals surface area contributed by atoms with Crippen LogP contribution in [0.4, 0.5) is 5.69 Å². The number of nitro groups is 1. The minimum Gasteiger partial charge on any atom is -0.502 e. The number of carbonyl (C=O) groups is 9. The van der Waals surface area contributed by atoms with E-state index in [2.05, 4.69) is 47.5 Å². The van der Waals surface area contributed by atoms with Gasteiger partial charge >= 0.3 is 5.69 Å². The Labute approximate surface area is 372 Å². The van der Waals surface area contributed by atoms with Gasteiger partial charge < -0.3 is 69.9 Å². The number of benzene rings is 1. The van der Waals surface area contributed by atoms with Crippen LogP contribution in [-0.2, 0) is 56.0 Å². The summed E-state index contributed by atoms with van der Waals surface area (Å²) in [7, 11) is 0. The summed E-state index contributed by atoms with van der Waals surface area (Å²) in [5, 5.41) is 50.0. The summed E-state index contributed by atoms with van der Waals surface area (Å²) < 4.78 is 0. The smallest absolute Gasteiger partial charge is 0.310 e. The number of aromatic nitrogens is 1. The van der Waals surface area contributed by atoms with Crippen LogP contribution in [0.2, 0.25) is 0 Å². The summed E-state index contributed by atoms with van der Waals surface area (Å²) in [6, 6.07) is 1.21. The van der Waals surface area contributed by atoms with Crippen LogP contribution in [0.25, 0.3) is 0 Å². The molecule has 26 nitrogen and oxygen atoms in total. The Hall–Kier alpha value is -7.32. The Bertz CT molecular complexity index is 1990. The lowest BCUT2D eigenvalue weighted by molar-refractivity contribution is -0.385. The van der Waals surface area contributed by atoms with Gasteiger partial charge in [-0.15, -0.1) is 0 Å². The number of nitrogens with one attached hydrogen (secondary N) is 8. The average Bonchev–Trinajstić information content (AvgIpc) is 3.26. The first-order chi connectivity index (χ1) is 30.9. The highest BCUT2D eigenvalue weighted by atomic mass is 16.6. The van der Waals surface area contributed by atoms with Gasteiger partial charge in [0, 0.05) is 37.7 Å². The number of carbonyl (C=O) groups excluding carboxylic acids is 9.